The second-order valence-electron chi connectivity index (χ2n) is 9.44. The predicted octanol–water partition coefficient (Wildman–Crippen LogP) is 4.60. The minimum absolute atomic E-state index is 0.0701. The van der Waals surface area contributed by atoms with Crippen molar-refractivity contribution >= 4 is 11.7 Å². The highest BCUT2D eigenvalue weighted by Gasteiger charge is 2.28. The third kappa shape index (κ3) is 5.36. The van der Waals surface area contributed by atoms with Crippen molar-refractivity contribution in [2.24, 2.45) is 5.92 Å². The number of rotatable bonds is 9. The molecular formula is C27H37N5O2. The molecule has 182 valence electrons. The fourth-order valence-corrected chi connectivity index (χ4v) is 4.50. The van der Waals surface area contributed by atoms with Crippen LogP contribution in [0.2, 0.25) is 0 Å². The molecule has 0 unspecified atom stereocenters. The normalized spacial score (nSPS) is 14.7. The maximum absolute atomic E-state index is 13.4. The van der Waals surface area contributed by atoms with Gasteiger partial charge in [0.2, 0.25) is 0 Å². The third-order valence-electron chi connectivity index (χ3n) is 6.62. The van der Waals surface area contributed by atoms with E-state index in [2.05, 4.69) is 54.3 Å². The summed E-state index contributed by atoms with van der Waals surface area (Å²) in [5.74, 6) is 1.91. The molecule has 0 spiro atoms. The number of aryl methyl sites for hydroxylation is 1. The minimum atomic E-state index is -0.0701. The van der Waals surface area contributed by atoms with Crippen molar-refractivity contribution in [1.29, 1.82) is 0 Å². The molecule has 1 aliphatic heterocycles. The molecule has 1 saturated heterocycles. The Labute approximate surface area is 202 Å². The Morgan fingerprint density at radius 2 is 1.82 bits per heavy atom. The van der Waals surface area contributed by atoms with E-state index in [1.165, 1.54) is 0 Å². The van der Waals surface area contributed by atoms with Gasteiger partial charge in [0.25, 0.3) is 5.91 Å². The van der Waals surface area contributed by atoms with Gasteiger partial charge in [-0.3, -0.25) is 4.79 Å². The quantitative estimate of drug-likeness (QED) is 0.464. The molecular weight excluding hydrogens is 426 g/mol. The molecule has 1 amide bonds. The van der Waals surface area contributed by atoms with Gasteiger partial charge >= 0.3 is 0 Å². The van der Waals surface area contributed by atoms with Gasteiger partial charge in [0.05, 0.1) is 24.2 Å². The van der Waals surface area contributed by atoms with Crippen LogP contribution in [0.3, 0.4) is 0 Å². The van der Waals surface area contributed by atoms with Crippen LogP contribution in [0.5, 0.6) is 0 Å². The number of piperazine rings is 1. The first-order chi connectivity index (χ1) is 16.5. The van der Waals surface area contributed by atoms with Crippen molar-refractivity contribution in [3.63, 3.8) is 0 Å². The van der Waals surface area contributed by atoms with Crippen LogP contribution >= 0.6 is 0 Å². The van der Waals surface area contributed by atoms with Crippen molar-refractivity contribution in [2.45, 2.75) is 40.7 Å². The van der Waals surface area contributed by atoms with Crippen LogP contribution < -0.4 is 4.90 Å². The Bertz CT molecular complexity index is 1050. The number of aromatic nitrogens is 2. The highest BCUT2D eigenvalue weighted by atomic mass is 16.3. The fourth-order valence-electron chi connectivity index (χ4n) is 4.50. The van der Waals surface area contributed by atoms with Gasteiger partial charge < -0.3 is 19.1 Å². The van der Waals surface area contributed by atoms with Crippen LogP contribution in [0.4, 0.5) is 5.82 Å². The zero-order chi connectivity index (χ0) is 24.1. The Kier molecular flexibility index (Phi) is 7.73. The summed E-state index contributed by atoms with van der Waals surface area (Å²) in [4.78, 5) is 20.2. The lowest BCUT2D eigenvalue weighted by molar-refractivity contribution is 0.0703. The molecule has 2 aromatic heterocycles. The first-order valence-electron chi connectivity index (χ1n) is 12.4. The number of likely N-dealkylation sites (N-methyl/N-ethyl adjacent to an activating group) is 1. The number of amides is 1. The second kappa shape index (κ2) is 10.9. The van der Waals surface area contributed by atoms with E-state index in [1.807, 2.05) is 23.1 Å². The number of carbonyl (C=O) groups is 1. The van der Waals surface area contributed by atoms with E-state index in [9.17, 15) is 4.79 Å². The summed E-state index contributed by atoms with van der Waals surface area (Å²) >= 11 is 0. The van der Waals surface area contributed by atoms with E-state index in [-0.39, 0.29) is 5.91 Å². The first-order valence-corrected chi connectivity index (χ1v) is 12.4. The molecule has 0 atom stereocenters. The second-order valence-corrected chi connectivity index (χ2v) is 9.44. The molecule has 4 rings (SSSR count). The molecule has 0 aliphatic carbocycles. The van der Waals surface area contributed by atoms with Crippen LogP contribution in [-0.4, -0.2) is 64.8 Å². The van der Waals surface area contributed by atoms with Gasteiger partial charge in [-0.1, -0.05) is 39.0 Å². The van der Waals surface area contributed by atoms with E-state index in [0.717, 1.165) is 61.9 Å². The van der Waals surface area contributed by atoms with Gasteiger partial charge in [-0.25, -0.2) is 4.68 Å². The average Bonchev–Trinajstić information content (AvgIpc) is 3.50. The van der Waals surface area contributed by atoms with E-state index in [0.29, 0.717) is 24.8 Å². The lowest BCUT2D eigenvalue weighted by Gasteiger charge is -2.36. The molecule has 3 heterocycles. The zero-order valence-electron chi connectivity index (χ0n) is 20.9. The Morgan fingerprint density at radius 3 is 2.44 bits per heavy atom. The fraction of sp³-hybridized carbons (Fsp3) is 0.481. The number of para-hydroxylation sites is 1. The minimum Gasteiger partial charge on any atom is -0.459 e. The van der Waals surface area contributed by atoms with Crippen LogP contribution in [-0.2, 0) is 6.54 Å². The molecule has 3 aromatic rings. The van der Waals surface area contributed by atoms with Crippen LogP contribution in [0.15, 0.2) is 53.1 Å². The van der Waals surface area contributed by atoms with Crippen molar-refractivity contribution < 1.29 is 9.21 Å². The summed E-state index contributed by atoms with van der Waals surface area (Å²) in [6, 6.07) is 13.8. The monoisotopic (exact) mass is 463 g/mol. The lowest BCUT2D eigenvalue weighted by atomic mass is 10.1. The molecule has 1 aromatic carbocycles. The number of nitrogens with zero attached hydrogens (tertiary/aromatic N) is 5. The number of hydrogen-bond donors (Lipinski definition) is 0. The summed E-state index contributed by atoms with van der Waals surface area (Å²) in [5.41, 5.74) is 3.10. The molecule has 7 nitrogen and oxygen atoms in total. The van der Waals surface area contributed by atoms with E-state index in [1.54, 1.807) is 18.4 Å². The van der Waals surface area contributed by atoms with Gasteiger partial charge in [-0.2, -0.15) is 5.10 Å². The number of anilines is 1. The largest absolute Gasteiger partial charge is 0.459 e. The molecule has 1 aliphatic rings. The van der Waals surface area contributed by atoms with Crippen molar-refractivity contribution in [3.05, 3.63) is 65.7 Å². The van der Waals surface area contributed by atoms with Crippen molar-refractivity contribution in [2.75, 3.05) is 44.2 Å². The van der Waals surface area contributed by atoms with Crippen molar-refractivity contribution in [1.82, 2.24) is 19.6 Å². The highest BCUT2D eigenvalue weighted by Crippen LogP contribution is 2.30. The number of furan rings is 1. The molecule has 7 heteroatoms. The summed E-state index contributed by atoms with van der Waals surface area (Å²) in [7, 11) is 0. The Morgan fingerprint density at radius 1 is 1.09 bits per heavy atom. The first kappa shape index (κ1) is 24.1. The predicted molar refractivity (Wildman–Crippen MR) is 136 cm³/mol. The Hall–Kier alpha value is -3.06. The molecule has 0 radical (unpaired) electrons. The van der Waals surface area contributed by atoms with E-state index >= 15 is 0 Å². The van der Waals surface area contributed by atoms with Gasteiger partial charge in [0, 0.05) is 38.3 Å². The van der Waals surface area contributed by atoms with E-state index in [4.69, 9.17) is 9.52 Å². The van der Waals surface area contributed by atoms with Gasteiger partial charge in [0.1, 0.15) is 5.82 Å². The maximum Gasteiger partial charge on any atom is 0.289 e. The lowest BCUT2D eigenvalue weighted by Crippen LogP contribution is -2.47. The zero-order valence-corrected chi connectivity index (χ0v) is 20.9. The summed E-state index contributed by atoms with van der Waals surface area (Å²) in [5, 5.41) is 4.97. The van der Waals surface area contributed by atoms with Gasteiger partial charge in [-0.15, -0.1) is 0 Å². The molecule has 0 saturated carbocycles. The smallest absolute Gasteiger partial charge is 0.289 e. The molecule has 1 fully saturated rings. The maximum atomic E-state index is 13.4. The molecule has 0 N–H and O–H groups in total. The molecule has 34 heavy (non-hydrogen) atoms. The Balaban J connectivity index is 1.71. The van der Waals surface area contributed by atoms with Gasteiger partial charge in [0.15, 0.2) is 5.76 Å². The van der Waals surface area contributed by atoms with Crippen LogP contribution in [0, 0.1) is 12.8 Å². The third-order valence-corrected chi connectivity index (χ3v) is 6.62. The number of carbonyl (C=O) groups excluding carboxylic acids is 1. The summed E-state index contributed by atoms with van der Waals surface area (Å²) in [6.07, 6.45) is 2.49. The highest BCUT2D eigenvalue weighted by molar-refractivity contribution is 5.91. The topological polar surface area (TPSA) is 57.8 Å². The SMILES string of the molecule is CCN1CCN(c2c(CN(CCC(C)C)C(=O)c3ccco3)c(C)nn2-c2ccccc2)CC1. The van der Waals surface area contributed by atoms with Crippen LogP contribution in [0.1, 0.15) is 49.0 Å². The number of hydrogen-bond acceptors (Lipinski definition) is 5. The van der Waals surface area contributed by atoms with Crippen LogP contribution in [0.25, 0.3) is 5.69 Å². The summed E-state index contributed by atoms with van der Waals surface area (Å²) in [6.45, 7) is 14.8. The average molecular weight is 464 g/mol. The number of benzene rings is 1. The standard InChI is InChI=1S/C27H37N5O2/c1-5-29-15-17-30(18-16-29)26-24(22(4)28-32(26)23-10-7-6-8-11-23)20-31(14-13-21(2)3)27(33)25-12-9-19-34-25/h6-12,19,21H,5,13-18,20H2,1-4H3. The van der Waals surface area contributed by atoms with Crippen molar-refractivity contribution in [3.8, 4) is 5.69 Å². The van der Waals surface area contributed by atoms with Gasteiger partial charge in [-0.05, 0) is 50.1 Å². The molecule has 0 bridgehead atoms. The van der Waals surface area contributed by atoms with E-state index < -0.39 is 0 Å². The summed E-state index contributed by atoms with van der Waals surface area (Å²) < 4.78 is 7.53.